The molecule has 1 aliphatic carbocycles. The Morgan fingerprint density at radius 3 is 2.62 bits per heavy atom. The van der Waals surface area contributed by atoms with Crippen molar-refractivity contribution in [1.82, 2.24) is 15.0 Å². The summed E-state index contributed by atoms with van der Waals surface area (Å²) in [6, 6.07) is 0. The zero-order valence-corrected chi connectivity index (χ0v) is 9.87. The van der Waals surface area contributed by atoms with E-state index in [9.17, 15) is 8.78 Å². The number of halogens is 2. The van der Waals surface area contributed by atoms with Crippen LogP contribution in [0, 0.1) is 5.41 Å². The summed E-state index contributed by atoms with van der Waals surface area (Å²) in [5.74, 6) is -2.76. The Morgan fingerprint density at radius 1 is 1.38 bits per heavy atom. The largest absolute Gasteiger partial charge is 0.248 e. The van der Waals surface area contributed by atoms with Crippen LogP contribution in [-0.4, -0.2) is 20.9 Å². The minimum atomic E-state index is -2.56. The van der Waals surface area contributed by atoms with E-state index in [1.807, 2.05) is 13.8 Å². The van der Waals surface area contributed by atoms with Crippen molar-refractivity contribution < 1.29 is 8.78 Å². The summed E-state index contributed by atoms with van der Waals surface area (Å²) in [6.45, 7) is 4.06. The monoisotopic (exact) mass is 229 g/mol. The third kappa shape index (κ3) is 2.08. The van der Waals surface area contributed by atoms with E-state index in [0.29, 0.717) is 12.1 Å². The van der Waals surface area contributed by atoms with E-state index in [1.165, 1.54) is 4.80 Å². The number of alkyl halides is 2. The van der Waals surface area contributed by atoms with Crippen LogP contribution in [0.1, 0.15) is 44.7 Å². The minimum absolute atomic E-state index is 0.0171. The number of nitrogens with zero attached hydrogens (tertiary/aromatic N) is 3. The van der Waals surface area contributed by atoms with Gasteiger partial charge >= 0.3 is 0 Å². The molecule has 1 heterocycles. The number of hydrogen-bond acceptors (Lipinski definition) is 2. The van der Waals surface area contributed by atoms with Gasteiger partial charge in [-0.3, -0.25) is 0 Å². The average molecular weight is 229 g/mol. The number of rotatable bonds is 1. The normalized spacial score (nSPS) is 27.9. The highest BCUT2D eigenvalue weighted by molar-refractivity contribution is 5.10. The molecule has 0 N–H and O–H groups in total. The molecule has 0 aliphatic heterocycles. The van der Waals surface area contributed by atoms with E-state index in [-0.39, 0.29) is 24.2 Å². The molecule has 1 aromatic rings. The number of aromatic nitrogens is 3. The minimum Gasteiger partial charge on any atom is -0.207 e. The second-order valence-corrected chi connectivity index (χ2v) is 5.36. The van der Waals surface area contributed by atoms with Gasteiger partial charge in [0, 0.05) is 25.8 Å². The number of hydrogen-bond donors (Lipinski definition) is 0. The molecule has 1 aliphatic rings. The van der Waals surface area contributed by atoms with E-state index >= 15 is 0 Å². The van der Waals surface area contributed by atoms with Gasteiger partial charge in [0.2, 0.25) is 5.92 Å². The highest BCUT2D eigenvalue weighted by Crippen LogP contribution is 2.51. The molecule has 1 aromatic heterocycles. The topological polar surface area (TPSA) is 30.7 Å². The van der Waals surface area contributed by atoms with Gasteiger partial charge in [-0.05, 0) is 11.8 Å². The molecule has 1 saturated carbocycles. The van der Waals surface area contributed by atoms with Crippen LogP contribution >= 0.6 is 0 Å². The van der Waals surface area contributed by atoms with Crippen molar-refractivity contribution in [3.63, 3.8) is 0 Å². The molecule has 0 aromatic carbocycles. The SMILES string of the molecule is Cn1ncc(C2CC(F)(F)CCC2(C)C)n1. The third-order valence-electron chi connectivity index (χ3n) is 3.56. The van der Waals surface area contributed by atoms with Crippen LogP contribution in [0.2, 0.25) is 0 Å². The molecule has 0 amide bonds. The summed E-state index contributed by atoms with van der Waals surface area (Å²) in [6.07, 6.45) is 2.00. The van der Waals surface area contributed by atoms with Gasteiger partial charge < -0.3 is 0 Å². The molecule has 2 rings (SSSR count). The molecule has 16 heavy (non-hydrogen) atoms. The average Bonchev–Trinajstić information content (AvgIpc) is 2.57. The fourth-order valence-corrected chi connectivity index (χ4v) is 2.38. The Hall–Kier alpha value is -1.00. The van der Waals surface area contributed by atoms with Gasteiger partial charge in [0.25, 0.3) is 0 Å². The van der Waals surface area contributed by atoms with Crippen molar-refractivity contribution in [2.24, 2.45) is 12.5 Å². The van der Waals surface area contributed by atoms with Crippen LogP contribution in [0.5, 0.6) is 0 Å². The Bertz CT molecular complexity index is 384. The molecular weight excluding hydrogens is 212 g/mol. The molecule has 1 atom stereocenters. The summed E-state index contributed by atoms with van der Waals surface area (Å²) in [7, 11) is 1.71. The van der Waals surface area contributed by atoms with Crippen LogP contribution in [0.4, 0.5) is 8.78 Å². The fourth-order valence-electron chi connectivity index (χ4n) is 2.38. The van der Waals surface area contributed by atoms with Crippen molar-refractivity contribution >= 4 is 0 Å². The first-order valence-corrected chi connectivity index (χ1v) is 5.54. The molecule has 5 heteroatoms. The second-order valence-electron chi connectivity index (χ2n) is 5.36. The summed E-state index contributed by atoms with van der Waals surface area (Å²) < 4.78 is 26.9. The van der Waals surface area contributed by atoms with Gasteiger partial charge in [-0.2, -0.15) is 15.0 Å². The molecule has 90 valence electrons. The van der Waals surface area contributed by atoms with Gasteiger partial charge in [-0.1, -0.05) is 13.8 Å². The lowest BCUT2D eigenvalue weighted by Crippen LogP contribution is -2.36. The molecule has 0 spiro atoms. The predicted molar refractivity (Wildman–Crippen MR) is 56.3 cm³/mol. The van der Waals surface area contributed by atoms with Crippen molar-refractivity contribution in [3.05, 3.63) is 11.9 Å². The standard InChI is InChI=1S/C11H17F2N3/c1-10(2)4-5-11(12,13)6-8(10)9-7-14-16(3)15-9/h7-8H,4-6H2,1-3H3. The first-order chi connectivity index (χ1) is 7.30. The van der Waals surface area contributed by atoms with E-state index in [0.717, 1.165) is 0 Å². The Morgan fingerprint density at radius 2 is 2.06 bits per heavy atom. The first kappa shape index (κ1) is 11.5. The smallest absolute Gasteiger partial charge is 0.207 e. The quantitative estimate of drug-likeness (QED) is 0.741. The van der Waals surface area contributed by atoms with Gasteiger partial charge in [0.05, 0.1) is 11.9 Å². The summed E-state index contributed by atoms with van der Waals surface area (Å²) >= 11 is 0. The lowest BCUT2D eigenvalue weighted by Gasteiger charge is -2.41. The molecule has 1 fully saturated rings. The molecule has 3 nitrogen and oxygen atoms in total. The van der Waals surface area contributed by atoms with Crippen molar-refractivity contribution in [1.29, 1.82) is 0 Å². The van der Waals surface area contributed by atoms with Gasteiger partial charge in [-0.15, -0.1) is 0 Å². The second kappa shape index (κ2) is 3.50. The van der Waals surface area contributed by atoms with Crippen LogP contribution in [-0.2, 0) is 7.05 Å². The summed E-state index contributed by atoms with van der Waals surface area (Å²) in [4.78, 5) is 1.43. The third-order valence-corrected chi connectivity index (χ3v) is 3.56. The lowest BCUT2D eigenvalue weighted by molar-refractivity contribution is -0.0719. The lowest BCUT2D eigenvalue weighted by atomic mass is 9.66. The van der Waals surface area contributed by atoms with E-state index in [4.69, 9.17) is 0 Å². The van der Waals surface area contributed by atoms with Crippen molar-refractivity contribution in [2.75, 3.05) is 0 Å². The highest BCUT2D eigenvalue weighted by Gasteiger charge is 2.46. The summed E-state index contributed by atoms with van der Waals surface area (Å²) in [5.41, 5.74) is 0.560. The van der Waals surface area contributed by atoms with Crippen molar-refractivity contribution in [3.8, 4) is 0 Å². The highest BCUT2D eigenvalue weighted by atomic mass is 19.3. The van der Waals surface area contributed by atoms with Crippen LogP contribution in [0.3, 0.4) is 0 Å². The van der Waals surface area contributed by atoms with Crippen LogP contribution in [0.15, 0.2) is 6.20 Å². The van der Waals surface area contributed by atoms with Gasteiger partial charge in [-0.25, -0.2) is 8.78 Å². The molecule has 0 radical (unpaired) electrons. The zero-order valence-electron chi connectivity index (χ0n) is 9.87. The van der Waals surface area contributed by atoms with E-state index < -0.39 is 5.92 Å². The zero-order chi connectivity index (χ0) is 12.0. The predicted octanol–water partition coefficient (Wildman–Crippen LogP) is 2.74. The maximum absolute atomic E-state index is 13.4. The fraction of sp³-hybridized carbons (Fsp3) is 0.818. The van der Waals surface area contributed by atoms with Crippen molar-refractivity contribution in [2.45, 2.75) is 45.0 Å². The van der Waals surface area contributed by atoms with E-state index in [2.05, 4.69) is 10.2 Å². The molecule has 0 saturated heterocycles. The van der Waals surface area contributed by atoms with Gasteiger partial charge in [0.1, 0.15) is 0 Å². The molecular formula is C11H17F2N3. The van der Waals surface area contributed by atoms with Crippen LogP contribution < -0.4 is 0 Å². The Labute approximate surface area is 93.8 Å². The van der Waals surface area contributed by atoms with Crippen LogP contribution in [0.25, 0.3) is 0 Å². The Balaban J connectivity index is 2.29. The number of aryl methyl sites for hydroxylation is 1. The maximum atomic E-state index is 13.4. The molecule has 0 bridgehead atoms. The maximum Gasteiger partial charge on any atom is 0.248 e. The summed E-state index contributed by atoms with van der Waals surface area (Å²) in [5, 5.41) is 8.13. The van der Waals surface area contributed by atoms with Gasteiger partial charge in [0.15, 0.2) is 0 Å². The molecule has 1 unspecified atom stereocenters. The van der Waals surface area contributed by atoms with E-state index in [1.54, 1.807) is 13.2 Å². The Kier molecular flexibility index (Phi) is 2.51. The first-order valence-electron chi connectivity index (χ1n) is 5.54.